The van der Waals surface area contributed by atoms with Crippen LogP contribution in [0.4, 0.5) is 10.5 Å². The number of carbonyl (C=O) groups is 2. The lowest BCUT2D eigenvalue weighted by atomic mass is 9.86. The van der Waals surface area contributed by atoms with E-state index in [9.17, 15) is 19.5 Å². The van der Waals surface area contributed by atoms with Gasteiger partial charge in [-0.25, -0.2) is 9.78 Å². The summed E-state index contributed by atoms with van der Waals surface area (Å²) in [5.41, 5.74) is 5.06. The fraction of sp³-hybridized carbons (Fsp3) is 0.190. The molecule has 3 heterocycles. The molecule has 11 heteroatoms. The van der Waals surface area contributed by atoms with Gasteiger partial charge in [0.15, 0.2) is 5.54 Å². The second kappa shape index (κ2) is 8.40. The van der Waals surface area contributed by atoms with Crippen LogP contribution in [0.5, 0.6) is 0 Å². The largest absolute Gasteiger partial charge is 0.391 e. The molecule has 0 bridgehead atoms. The fourth-order valence-corrected chi connectivity index (χ4v) is 4.01. The van der Waals surface area contributed by atoms with Gasteiger partial charge >= 0.3 is 6.03 Å². The van der Waals surface area contributed by atoms with Crippen LogP contribution < -0.4 is 16.6 Å². The highest BCUT2D eigenvalue weighted by Crippen LogP contribution is 2.40. The van der Waals surface area contributed by atoms with Crippen LogP contribution >= 0.6 is 11.6 Å². The molecule has 2 atom stereocenters. The lowest BCUT2D eigenvalue weighted by Crippen LogP contribution is -2.54. The lowest BCUT2D eigenvalue weighted by molar-refractivity contribution is -0.125. The van der Waals surface area contributed by atoms with Gasteiger partial charge in [-0.1, -0.05) is 17.7 Å². The number of hydrogen-bond donors (Lipinski definition) is 3. The zero-order valence-electron chi connectivity index (χ0n) is 16.7. The van der Waals surface area contributed by atoms with E-state index in [1.807, 2.05) is 0 Å². The molecule has 4 rings (SSSR count). The van der Waals surface area contributed by atoms with E-state index in [1.165, 1.54) is 35.4 Å². The lowest BCUT2D eigenvalue weighted by Gasteiger charge is -2.36. The number of primary amides is 1. The molecule has 0 spiro atoms. The van der Waals surface area contributed by atoms with Crippen LogP contribution in [0.15, 0.2) is 66.0 Å². The molecule has 0 aliphatic carbocycles. The van der Waals surface area contributed by atoms with Crippen LogP contribution in [0, 0.1) is 0 Å². The zero-order chi connectivity index (χ0) is 22.9. The summed E-state index contributed by atoms with van der Waals surface area (Å²) in [6, 6.07) is 8.77. The average Bonchev–Trinajstić information content (AvgIpc) is 3.14. The molecule has 164 valence electrons. The fourth-order valence-electron chi connectivity index (χ4n) is 3.90. The molecule has 0 saturated carbocycles. The maximum Gasteiger partial charge on any atom is 0.316 e. The van der Waals surface area contributed by atoms with E-state index < -0.39 is 23.6 Å². The molecule has 4 N–H and O–H groups in total. The van der Waals surface area contributed by atoms with Crippen molar-refractivity contribution in [2.24, 2.45) is 5.73 Å². The number of β-amino-alcohol motifs (C(OH)–C–C–N with tert-alkyl or cyclic N) is 1. The Morgan fingerprint density at radius 2 is 1.94 bits per heavy atom. The number of pyridine rings is 1. The zero-order valence-corrected chi connectivity index (χ0v) is 17.4. The van der Waals surface area contributed by atoms with Crippen LogP contribution in [0.1, 0.15) is 12.0 Å². The number of rotatable bonds is 4. The third-order valence-electron chi connectivity index (χ3n) is 5.36. The number of aromatic nitrogens is 3. The van der Waals surface area contributed by atoms with Gasteiger partial charge < -0.3 is 21.1 Å². The van der Waals surface area contributed by atoms with Gasteiger partial charge in [0, 0.05) is 48.5 Å². The highest BCUT2D eigenvalue weighted by molar-refractivity contribution is 6.29. The first-order chi connectivity index (χ1) is 15.3. The van der Waals surface area contributed by atoms with E-state index in [0.717, 1.165) is 4.90 Å². The minimum absolute atomic E-state index is 0.0599. The molecule has 3 amide bonds. The molecule has 1 aliphatic heterocycles. The van der Waals surface area contributed by atoms with Gasteiger partial charge in [0.2, 0.25) is 0 Å². The van der Waals surface area contributed by atoms with Crippen molar-refractivity contribution < 1.29 is 14.7 Å². The van der Waals surface area contributed by atoms with Crippen molar-refractivity contribution in [3.8, 4) is 5.69 Å². The van der Waals surface area contributed by atoms with E-state index in [0.29, 0.717) is 16.9 Å². The molecule has 2 aromatic heterocycles. The van der Waals surface area contributed by atoms with E-state index in [2.05, 4.69) is 15.3 Å². The van der Waals surface area contributed by atoms with Crippen LogP contribution in [-0.2, 0) is 10.3 Å². The highest BCUT2D eigenvalue weighted by Gasteiger charge is 2.54. The first-order valence-electron chi connectivity index (χ1n) is 9.63. The smallest absolute Gasteiger partial charge is 0.316 e. The van der Waals surface area contributed by atoms with Crippen LogP contribution in [0.3, 0.4) is 0 Å². The molecule has 0 unspecified atom stereocenters. The van der Waals surface area contributed by atoms with Gasteiger partial charge in [0.25, 0.3) is 11.5 Å². The molecule has 10 nitrogen and oxygen atoms in total. The van der Waals surface area contributed by atoms with Crippen LogP contribution in [-0.4, -0.2) is 49.1 Å². The molecule has 1 aliphatic rings. The number of urea groups is 1. The Bertz CT molecular complexity index is 1210. The number of amides is 3. The van der Waals surface area contributed by atoms with Crippen LogP contribution in [0.25, 0.3) is 5.69 Å². The normalized spacial score (nSPS) is 20.2. The third kappa shape index (κ3) is 3.81. The molecule has 1 aromatic carbocycles. The Morgan fingerprint density at radius 3 is 2.56 bits per heavy atom. The third-order valence-corrected chi connectivity index (χ3v) is 5.58. The second-order valence-electron chi connectivity index (χ2n) is 7.32. The van der Waals surface area contributed by atoms with Crippen molar-refractivity contribution in [2.45, 2.75) is 18.1 Å². The van der Waals surface area contributed by atoms with Crippen molar-refractivity contribution in [1.82, 2.24) is 19.4 Å². The number of aliphatic hydroxyl groups excluding tert-OH is 1. The monoisotopic (exact) mass is 454 g/mol. The molecular weight excluding hydrogens is 436 g/mol. The maximum atomic E-state index is 13.5. The number of nitrogens with one attached hydrogen (secondary N) is 1. The number of likely N-dealkylation sites (tertiary alicyclic amines) is 1. The summed E-state index contributed by atoms with van der Waals surface area (Å²) < 4.78 is 1.40. The summed E-state index contributed by atoms with van der Waals surface area (Å²) in [5.74, 6) is -0.564. The quantitative estimate of drug-likeness (QED) is 0.506. The Morgan fingerprint density at radius 1 is 1.19 bits per heavy atom. The number of aliphatic hydroxyl groups is 1. The van der Waals surface area contributed by atoms with Gasteiger partial charge in [0.1, 0.15) is 5.15 Å². The topological polar surface area (TPSA) is 143 Å². The number of nitrogens with two attached hydrogens (primary N) is 1. The Kier molecular flexibility index (Phi) is 5.64. The molecule has 3 aromatic rings. The summed E-state index contributed by atoms with van der Waals surface area (Å²) >= 11 is 5.88. The van der Waals surface area contributed by atoms with Crippen molar-refractivity contribution >= 4 is 29.2 Å². The minimum Gasteiger partial charge on any atom is -0.391 e. The number of hydrogen-bond acceptors (Lipinski definition) is 6. The Labute approximate surface area is 187 Å². The second-order valence-corrected chi connectivity index (χ2v) is 7.71. The molecule has 1 fully saturated rings. The van der Waals surface area contributed by atoms with E-state index in [1.54, 1.807) is 30.3 Å². The molecule has 1 saturated heterocycles. The molecular formula is C21H19ClN6O4. The summed E-state index contributed by atoms with van der Waals surface area (Å²) in [6.45, 7) is -0.102. The Hall–Kier alpha value is -3.76. The Balaban J connectivity index is 1.68. The number of anilines is 1. The summed E-state index contributed by atoms with van der Waals surface area (Å²) in [5, 5.41) is 13.3. The highest BCUT2D eigenvalue weighted by atomic mass is 35.5. The first-order valence-corrected chi connectivity index (χ1v) is 10.0. The standard InChI is InChI=1S/C21H19ClN6O4/c22-17-6-1-13(10-25-17)21(9-16(29)12-28(21)20(23)32)19(31)26-14-2-4-15(5-3-14)27-8-7-24-11-18(27)30/h1-8,10-11,16,29H,9,12H2,(H2,23,32)(H,26,31)/t16-,21-/m1/s1. The predicted octanol–water partition coefficient (Wildman–Crippen LogP) is 1.26. The average molecular weight is 455 g/mol. The molecule has 0 radical (unpaired) electrons. The van der Waals surface area contributed by atoms with Crippen LogP contribution in [0.2, 0.25) is 5.15 Å². The van der Waals surface area contributed by atoms with Crippen molar-refractivity contribution in [1.29, 1.82) is 0 Å². The van der Waals surface area contributed by atoms with Gasteiger partial charge in [-0.15, -0.1) is 0 Å². The SMILES string of the molecule is NC(=O)N1C[C@H](O)C[C@]1(C(=O)Nc1ccc(-n2ccncc2=O)cc1)c1ccc(Cl)nc1. The first kappa shape index (κ1) is 21.5. The van der Waals surface area contributed by atoms with Crippen molar-refractivity contribution in [3.05, 3.63) is 82.3 Å². The predicted molar refractivity (Wildman–Crippen MR) is 116 cm³/mol. The van der Waals surface area contributed by atoms with E-state index in [4.69, 9.17) is 17.3 Å². The van der Waals surface area contributed by atoms with Gasteiger partial charge in [-0.3, -0.25) is 19.1 Å². The number of halogens is 1. The van der Waals surface area contributed by atoms with Crippen molar-refractivity contribution in [2.75, 3.05) is 11.9 Å². The maximum absolute atomic E-state index is 13.5. The minimum atomic E-state index is -1.57. The van der Waals surface area contributed by atoms with Gasteiger partial charge in [-0.2, -0.15) is 0 Å². The summed E-state index contributed by atoms with van der Waals surface area (Å²) in [7, 11) is 0. The number of carbonyl (C=O) groups excluding carboxylic acids is 2. The van der Waals surface area contributed by atoms with E-state index in [-0.39, 0.29) is 23.7 Å². The van der Waals surface area contributed by atoms with Gasteiger partial charge in [0.05, 0.1) is 12.3 Å². The van der Waals surface area contributed by atoms with E-state index >= 15 is 0 Å². The van der Waals surface area contributed by atoms with Gasteiger partial charge in [-0.05, 0) is 30.3 Å². The summed E-state index contributed by atoms with van der Waals surface area (Å²) in [6.07, 6.45) is 4.59. The molecule has 32 heavy (non-hydrogen) atoms. The summed E-state index contributed by atoms with van der Waals surface area (Å²) in [4.78, 5) is 46.5. The number of nitrogens with zero attached hydrogens (tertiary/aromatic N) is 4. The van der Waals surface area contributed by atoms with Crippen molar-refractivity contribution in [3.63, 3.8) is 0 Å². The number of benzene rings is 1.